The molecule has 0 aromatic rings. The Bertz CT molecular complexity index is 165. The Balaban J connectivity index is 2.95. The maximum absolute atomic E-state index is 5.60. The van der Waals surface area contributed by atoms with Gasteiger partial charge in [0.25, 0.3) is 0 Å². The first kappa shape index (κ1) is 18.9. The molecule has 0 aliphatic rings. The van der Waals surface area contributed by atoms with Crippen molar-refractivity contribution in [1.29, 1.82) is 0 Å². The van der Waals surface area contributed by atoms with Crippen LogP contribution in [0.5, 0.6) is 0 Å². The molecule has 0 fully saturated rings. The molecular weight excluding hydrogens is 238 g/mol. The van der Waals surface area contributed by atoms with E-state index in [9.17, 15) is 0 Å². The van der Waals surface area contributed by atoms with Crippen LogP contribution in [0.3, 0.4) is 0 Å². The monoisotopic (exact) mass is 273 g/mol. The highest BCUT2D eigenvalue weighted by Gasteiger charge is 1.98. The van der Waals surface area contributed by atoms with E-state index in [4.69, 9.17) is 9.47 Å². The van der Waals surface area contributed by atoms with E-state index in [2.05, 4.69) is 26.1 Å². The van der Waals surface area contributed by atoms with Crippen LogP contribution < -0.4 is 5.32 Å². The zero-order chi connectivity index (χ0) is 14.2. The van der Waals surface area contributed by atoms with Crippen LogP contribution in [-0.2, 0) is 9.47 Å². The van der Waals surface area contributed by atoms with Crippen molar-refractivity contribution in [1.82, 2.24) is 5.32 Å². The molecule has 0 saturated carbocycles. The van der Waals surface area contributed by atoms with Gasteiger partial charge in [-0.3, -0.25) is 0 Å². The first-order valence-corrected chi connectivity index (χ1v) is 8.17. The Labute approximate surface area is 120 Å². The lowest BCUT2D eigenvalue weighted by molar-refractivity contribution is 0.0792. The predicted molar refractivity (Wildman–Crippen MR) is 82.7 cm³/mol. The lowest BCUT2D eigenvalue weighted by atomic mass is 10.0. The maximum atomic E-state index is 5.60. The predicted octanol–water partition coefficient (Wildman–Crippen LogP) is 3.63. The average molecular weight is 273 g/mol. The van der Waals surface area contributed by atoms with Crippen molar-refractivity contribution in [2.45, 2.75) is 59.3 Å². The van der Waals surface area contributed by atoms with Gasteiger partial charge in [0.1, 0.15) is 0 Å². The second-order valence-electron chi connectivity index (χ2n) is 5.34. The summed E-state index contributed by atoms with van der Waals surface area (Å²) in [5.41, 5.74) is 0. The van der Waals surface area contributed by atoms with Crippen LogP contribution in [-0.4, -0.2) is 39.5 Å². The van der Waals surface area contributed by atoms with Gasteiger partial charge in [0.2, 0.25) is 0 Å². The summed E-state index contributed by atoms with van der Waals surface area (Å²) in [7, 11) is 0. The molecular formula is C16H35NO2. The first-order chi connectivity index (χ1) is 9.31. The molecule has 0 amide bonds. The molecule has 0 spiro atoms. The van der Waals surface area contributed by atoms with E-state index >= 15 is 0 Å². The molecule has 1 atom stereocenters. The number of ether oxygens (including phenoxy) is 2. The van der Waals surface area contributed by atoms with Gasteiger partial charge in [-0.05, 0) is 51.1 Å². The summed E-state index contributed by atoms with van der Waals surface area (Å²) in [6.45, 7) is 12.4. The minimum absolute atomic E-state index is 0.832. The summed E-state index contributed by atoms with van der Waals surface area (Å²) in [6.07, 6.45) is 7.09. The fraction of sp³-hybridized carbons (Fsp3) is 1.00. The third-order valence-electron chi connectivity index (χ3n) is 3.33. The Morgan fingerprint density at radius 3 is 2.11 bits per heavy atom. The largest absolute Gasteiger partial charge is 0.381 e. The molecule has 0 heterocycles. The van der Waals surface area contributed by atoms with Crippen molar-refractivity contribution in [3.05, 3.63) is 0 Å². The molecule has 0 rings (SSSR count). The van der Waals surface area contributed by atoms with E-state index < -0.39 is 0 Å². The third-order valence-corrected chi connectivity index (χ3v) is 3.33. The fourth-order valence-electron chi connectivity index (χ4n) is 1.81. The Morgan fingerprint density at radius 2 is 1.47 bits per heavy atom. The van der Waals surface area contributed by atoms with Gasteiger partial charge in [-0.2, -0.15) is 0 Å². The smallest absolute Gasteiger partial charge is 0.0487 e. The van der Waals surface area contributed by atoms with Gasteiger partial charge < -0.3 is 14.8 Å². The molecule has 1 N–H and O–H groups in total. The second kappa shape index (κ2) is 15.9. The number of hydrogen-bond acceptors (Lipinski definition) is 3. The fourth-order valence-corrected chi connectivity index (χ4v) is 1.81. The molecule has 0 bridgehead atoms. The molecule has 0 aliphatic carbocycles. The minimum Gasteiger partial charge on any atom is -0.381 e. The number of hydrogen-bond donors (Lipinski definition) is 1. The van der Waals surface area contributed by atoms with Gasteiger partial charge in [-0.1, -0.05) is 27.2 Å². The Hall–Kier alpha value is -0.120. The summed E-state index contributed by atoms with van der Waals surface area (Å²) in [4.78, 5) is 0. The van der Waals surface area contributed by atoms with E-state index in [0.29, 0.717) is 0 Å². The van der Waals surface area contributed by atoms with E-state index in [1.165, 1.54) is 25.7 Å². The van der Waals surface area contributed by atoms with Gasteiger partial charge in [0.15, 0.2) is 0 Å². The quantitative estimate of drug-likeness (QED) is 0.462. The van der Waals surface area contributed by atoms with Gasteiger partial charge in [0, 0.05) is 26.4 Å². The van der Waals surface area contributed by atoms with Crippen molar-refractivity contribution in [3.8, 4) is 0 Å². The highest BCUT2D eigenvalue weighted by molar-refractivity contribution is 4.49. The maximum Gasteiger partial charge on any atom is 0.0487 e. The van der Waals surface area contributed by atoms with Crippen LogP contribution in [0, 0.1) is 5.92 Å². The van der Waals surface area contributed by atoms with Crippen molar-refractivity contribution >= 4 is 0 Å². The summed E-state index contributed by atoms with van der Waals surface area (Å²) >= 11 is 0. The molecule has 0 saturated heterocycles. The van der Waals surface area contributed by atoms with E-state index in [0.717, 1.165) is 58.3 Å². The van der Waals surface area contributed by atoms with E-state index in [1.54, 1.807) is 0 Å². The molecule has 3 heteroatoms. The number of rotatable bonds is 15. The number of nitrogens with one attached hydrogen (secondary N) is 1. The topological polar surface area (TPSA) is 30.5 Å². The molecule has 19 heavy (non-hydrogen) atoms. The summed E-state index contributed by atoms with van der Waals surface area (Å²) in [6, 6.07) is 0. The summed E-state index contributed by atoms with van der Waals surface area (Å²) in [5, 5.41) is 3.37. The normalized spacial score (nSPS) is 12.8. The summed E-state index contributed by atoms with van der Waals surface area (Å²) < 4.78 is 11.2. The molecule has 0 radical (unpaired) electrons. The van der Waals surface area contributed by atoms with Crippen molar-refractivity contribution in [2.75, 3.05) is 39.5 Å². The van der Waals surface area contributed by atoms with E-state index in [1.807, 2.05) is 0 Å². The lowest BCUT2D eigenvalue weighted by Crippen LogP contribution is -2.17. The van der Waals surface area contributed by atoms with Crippen LogP contribution in [0.15, 0.2) is 0 Å². The Kier molecular flexibility index (Phi) is 15.8. The standard InChI is InChI=1S/C16H35NO2/c1-4-10-17-11-7-13-19-15-8-14-18-12-6-9-16(3)5-2/h16-17H,4-15H2,1-3H3. The first-order valence-electron chi connectivity index (χ1n) is 8.17. The molecule has 0 aromatic carbocycles. The van der Waals surface area contributed by atoms with Crippen LogP contribution >= 0.6 is 0 Å². The molecule has 0 aromatic heterocycles. The van der Waals surface area contributed by atoms with Crippen molar-refractivity contribution < 1.29 is 9.47 Å². The van der Waals surface area contributed by atoms with E-state index in [-0.39, 0.29) is 0 Å². The zero-order valence-electron chi connectivity index (χ0n) is 13.4. The highest BCUT2D eigenvalue weighted by Crippen LogP contribution is 2.08. The van der Waals surface area contributed by atoms with Crippen LogP contribution in [0.4, 0.5) is 0 Å². The van der Waals surface area contributed by atoms with Gasteiger partial charge >= 0.3 is 0 Å². The minimum atomic E-state index is 0.832. The van der Waals surface area contributed by atoms with Crippen LogP contribution in [0.1, 0.15) is 59.3 Å². The zero-order valence-corrected chi connectivity index (χ0v) is 13.4. The molecule has 3 nitrogen and oxygen atoms in total. The van der Waals surface area contributed by atoms with Gasteiger partial charge in [-0.25, -0.2) is 0 Å². The molecule has 116 valence electrons. The van der Waals surface area contributed by atoms with Gasteiger partial charge in [-0.15, -0.1) is 0 Å². The highest BCUT2D eigenvalue weighted by atomic mass is 16.5. The Morgan fingerprint density at radius 1 is 0.842 bits per heavy atom. The van der Waals surface area contributed by atoms with Crippen LogP contribution in [0.25, 0.3) is 0 Å². The molecule has 0 aliphatic heterocycles. The second-order valence-corrected chi connectivity index (χ2v) is 5.34. The third kappa shape index (κ3) is 15.8. The van der Waals surface area contributed by atoms with Crippen LogP contribution in [0.2, 0.25) is 0 Å². The lowest BCUT2D eigenvalue weighted by Gasteiger charge is -2.08. The average Bonchev–Trinajstić information content (AvgIpc) is 2.43. The summed E-state index contributed by atoms with van der Waals surface area (Å²) in [5.74, 6) is 0.841. The van der Waals surface area contributed by atoms with Crippen molar-refractivity contribution in [3.63, 3.8) is 0 Å². The molecule has 1 unspecified atom stereocenters. The van der Waals surface area contributed by atoms with Crippen molar-refractivity contribution in [2.24, 2.45) is 5.92 Å². The van der Waals surface area contributed by atoms with Gasteiger partial charge in [0.05, 0.1) is 0 Å². The SMILES string of the molecule is CCCNCCCOCCCOCCCC(C)CC.